The molecule has 0 spiro atoms. The maximum absolute atomic E-state index is 13.2. The summed E-state index contributed by atoms with van der Waals surface area (Å²) in [4.78, 5) is 13.7. The van der Waals surface area contributed by atoms with E-state index in [1.807, 2.05) is 42.5 Å². The smallest absolute Gasteiger partial charge is 0.229 e. The van der Waals surface area contributed by atoms with E-state index in [2.05, 4.69) is 25.4 Å². The number of pyridine rings is 1. The lowest BCUT2D eigenvalue weighted by molar-refractivity contribution is 0.627. The maximum Gasteiger partial charge on any atom is 0.229 e. The molecule has 2 aromatic carbocycles. The van der Waals surface area contributed by atoms with E-state index in [1.54, 1.807) is 23.0 Å². The van der Waals surface area contributed by atoms with Gasteiger partial charge in [0.1, 0.15) is 11.5 Å². The van der Waals surface area contributed by atoms with Gasteiger partial charge in [-0.1, -0.05) is 41.7 Å². The topological polar surface area (TPSA) is 68.5 Å². The fourth-order valence-corrected chi connectivity index (χ4v) is 3.82. The highest BCUT2D eigenvalue weighted by Crippen LogP contribution is 2.27. The first-order chi connectivity index (χ1) is 14.3. The lowest BCUT2D eigenvalue weighted by Crippen LogP contribution is -2.07. The first kappa shape index (κ1) is 17.4. The lowest BCUT2D eigenvalue weighted by atomic mass is 10.2. The number of nitrogens with one attached hydrogen (secondary N) is 1. The highest BCUT2D eigenvalue weighted by atomic mass is 32.1. The van der Waals surface area contributed by atoms with Gasteiger partial charge >= 0.3 is 0 Å². The fraction of sp³-hybridized carbons (Fsp3) is 0.0476. The number of nitrogens with zero attached hydrogens (tertiary/aromatic N) is 5. The van der Waals surface area contributed by atoms with Crippen LogP contribution in [0.4, 0.5) is 10.3 Å². The predicted octanol–water partition coefficient (Wildman–Crippen LogP) is 4.69. The molecule has 0 unspecified atom stereocenters. The molecule has 142 valence electrons. The summed E-state index contributed by atoms with van der Waals surface area (Å²) in [7, 11) is 0. The first-order valence-corrected chi connectivity index (χ1v) is 9.81. The average Bonchev–Trinajstić information content (AvgIpc) is 3.38. The van der Waals surface area contributed by atoms with Crippen molar-refractivity contribution in [3.63, 3.8) is 0 Å². The van der Waals surface area contributed by atoms with Crippen LogP contribution in [0.25, 0.3) is 26.9 Å². The van der Waals surface area contributed by atoms with E-state index in [0.29, 0.717) is 29.1 Å². The average molecular weight is 402 g/mol. The molecular formula is C21H15FN6S. The summed E-state index contributed by atoms with van der Waals surface area (Å²) in [6.45, 7) is 0.478. The Morgan fingerprint density at radius 2 is 1.76 bits per heavy atom. The molecule has 0 aliphatic carbocycles. The summed E-state index contributed by atoms with van der Waals surface area (Å²) in [6.07, 6.45) is 1.71. The summed E-state index contributed by atoms with van der Waals surface area (Å²) < 4.78 is 15.9. The Morgan fingerprint density at radius 3 is 2.55 bits per heavy atom. The van der Waals surface area contributed by atoms with Crippen molar-refractivity contribution < 1.29 is 4.39 Å². The summed E-state index contributed by atoms with van der Waals surface area (Å²) >= 11 is 1.54. The SMILES string of the molecule is Fc1ccc(CNc2nc(-c3ccccn3)nn2-c2nc3ccccc3s2)cc1. The van der Waals surface area contributed by atoms with Crippen molar-refractivity contribution in [2.75, 3.05) is 5.32 Å². The van der Waals surface area contributed by atoms with Crippen LogP contribution in [0.1, 0.15) is 5.56 Å². The van der Waals surface area contributed by atoms with Crippen LogP contribution in [0.15, 0.2) is 72.9 Å². The maximum atomic E-state index is 13.2. The molecule has 0 bridgehead atoms. The van der Waals surface area contributed by atoms with Crippen LogP contribution in [-0.2, 0) is 6.54 Å². The fourth-order valence-electron chi connectivity index (χ4n) is 2.90. The predicted molar refractivity (Wildman–Crippen MR) is 111 cm³/mol. The molecule has 0 radical (unpaired) electrons. The van der Waals surface area contributed by atoms with Crippen molar-refractivity contribution in [1.29, 1.82) is 0 Å². The molecule has 5 rings (SSSR count). The Kier molecular flexibility index (Phi) is 4.45. The van der Waals surface area contributed by atoms with Crippen molar-refractivity contribution in [3.05, 3.63) is 84.3 Å². The third-order valence-corrected chi connectivity index (χ3v) is 5.34. The highest BCUT2D eigenvalue weighted by Gasteiger charge is 2.17. The molecule has 0 amide bonds. The number of hydrogen-bond donors (Lipinski definition) is 1. The quantitative estimate of drug-likeness (QED) is 0.462. The molecule has 8 heteroatoms. The normalized spacial score (nSPS) is 11.1. The van der Waals surface area contributed by atoms with E-state index in [9.17, 15) is 4.39 Å². The number of hydrogen-bond acceptors (Lipinski definition) is 6. The van der Waals surface area contributed by atoms with E-state index in [-0.39, 0.29) is 5.82 Å². The number of rotatable bonds is 5. The molecule has 0 saturated carbocycles. The zero-order valence-electron chi connectivity index (χ0n) is 15.2. The standard InChI is InChI=1S/C21H15FN6S/c22-15-10-8-14(9-11-15)13-24-20-26-19(17-6-3-4-12-23-17)27-28(20)21-25-16-5-1-2-7-18(16)29-21/h1-12H,13H2,(H,24,26,27). The lowest BCUT2D eigenvalue weighted by Gasteiger charge is -2.06. The van der Waals surface area contributed by atoms with Crippen molar-refractivity contribution in [1.82, 2.24) is 24.7 Å². The minimum absolute atomic E-state index is 0.260. The number of thiazole rings is 1. The van der Waals surface area contributed by atoms with Crippen LogP contribution in [0, 0.1) is 5.82 Å². The summed E-state index contributed by atoms with van der Waals surface area (Å²) in [5.74, 6) is 0.796. The zero-order valence-corrected chi connectivity index (χ0v) is 16.0. The second-order valence-corrected chi connectivity index (χ2v) is 7.34. The summed E-state index contributed by atoms with van der Waals surface area (Å²) in [5.41, 5.74) is 2.52. The van der Waals surface area contributed by atoms with Crippen molar-refractivity contribution in [2.45, 2.75) is 6.54 Å². The van der Waals surface area contributed by atoms with Gasteiger partial charge in [0.2, 0.25) is 16.9 Å². The third-order valence-electron chi connectivity index (χ3n) is 4.33. The van der Waals surface area contributed by atoms with E-state index >= 15 is 0 Å². The number of benzene rings is 2. The van der Waals surface area contributed by atoms with Gasteiger partial charge in [0, 0.05) is 12.7 Å². The van der Waals surface area contributed by atoms with Crippen LogP contribution < -0.4 is 5.32 Å². The Bertz CT molecular complexity index is 1230. The minimum atomic E-state index is -0.260. The van der Waals surface area contributed by atoms with Gasteiger partial charge in [-0.2, -0.15) is 9.67 Å². The molecule has 6 nitrogen and oxygen atoms in total. The van der Waals surface area contributed by atoms with Crippen molar-refractivity contribution in [3.8, 4) is 16.6 Å². The van der Waals surface area contributed by atoms with Crippen LogP contribution in [0.2, 0.25) is 0 Å². The van der Waals surface area contributed by atoms with Crippen LogP contribution in [0.5, 0.6) is 0 Å². The largest absolute Gasteiger partial charge is 0.350 e. The molecule has 5 aromatic rings. The molecule has 0 aliphatic rings. The number of halogens is 1. The number of fused-ring (bicyclic) bond motifs is 1. The molecule has 0 atom stereocenters. The number of para-hydroxylation sites is 1. The molecule has 3 aromatic heterocycles. The van der Waals surface area contributed by atoms with Gasteiger partial charge < -0.3 is 5.32 Å². The molecular weight excluding hydrogens is 387 g/mol. The van der Waals surface area contributed by atoms with Gasteiger partial charge in [-0.3, -0.25) is 4.98 Å². The van der Waals surface area contributed by atoms with Gasteiger partial charge in [0.05, 0.1) is 10.2 Å². The Labute approximate surface area is 169 Å². The second kappa shape index (κ2) is 7.40. The first-order valence-electron chi connectivity index (χ1n) is 8.99. The van der Waals surface area contributed by atoms with E-state index in [0.717, 1.165) is 15.8 Å². The van der Waals surface area contributed by atoms with Crippen LogP contribution >= 0.6 is 11.3 Å². The molecule has 3 heterocycles. The Balaban J connectivity index is 1.54. The van der Waals surface area contributed by atoms with E-state index in [1.165, 1.54) is 23.5 Å². The summed E-state index contributed by atoms with van der Waals surface area (Å²) in [5, 5.41) is 8.64. The van der Waals surface area contributed by atoms with Gasteiger partial charge in [-0.15, -0.1) is 5.10 Å². The number of aromatic nitrogens is 5. The van der Waals surface area contributed by atoms with Gasteiger partial charge in [-0.05, 0) is 42.0 Å². The molecule has 29 heavy (non-hydrogen) atoms. The Hall–Kier alpha value is -3.65. The van der Waals surface area contributed by atoms with Gasteiger partial charge in [0.25, 0.3) is 0 Å². The minimum Gasteiger partial charge on any atom is -0.350 e. The van der Waals surface area contributed by atoms with E-state index < -0.39 is 0 Å². The van der Waals surface area contributed by atoms with Crippen molar-refractivity contribution >= 4 is 27.5 Å². The second-order valence-electron chi connectivity index (χ2n) is 6.33. The molecule has 0 aliphatic heterocycles. The van der Waals surface area contributed by atoms with Crippen molar-refractivity contribution in [2.24, 2.45) is 0 Å². The van der Waals surface area contributed by atoms with Crippen LogP contribution in [0.3, 0.4) is 0 Å². The van der Waals surface area contributed by atoms with Gasteiger partial charge in [-0.25, -0.2) is 9.37 Å². The van der Waals surface area contributed by atoms with E-state index in [4.69, 9.17) is 0 Å². The number of anilines is 1. The molecule has 0 saturated heterocycles. The van der Waals surface area contributed by atoms with Crippen LogP contribution in [-0.4, -0.2) is 24.7 Å². The molecule has 0 fully saturated rings. The highest BCUT2D eigenvalue weighted by molar-refractivity contribution is 7.20. The Morgan fingerprint density at radius 1 is 0.931 bits per heavy atom. The third kappa shape index (κ3) is 3.57. The monoisotopic (exact) mass is 402 g/mol. The zero-order chi connectivity index (χ0) is 19.6. The molecule has 1 N–H and O–H groups in total. The van der Waals surface area contributed by atoms with Gasteiger partial charge in [0.15, 0.2) is 0 Å². The summed E-state index contributed by atoms with van der Waals surface area (Å²) in [6, 6.07) is 19.9.